The molecule has 3 heterocycles. The molecule has 0 aliphatic heterocycles. The highest BCUT2D eigenvalue weighted by Gasteiger charge is 2.20. The highest BCUT2D eigenvalue weighted by molar-refractivity contribution is 7.88. The summed E-state index contributed by atoms with van der Waals surface area (Å²) in [4.78, 5) is 12.3. The maximum Gasteiger partial charge on any atom is 0.209 e. The molecule has 0 aliphatic carbocycles. The van der Waals surface area contributed by atoms with Crippen LogP contribution in [-0.4, -0.2) is 46.4 Å². The van der Waals surface area contributed by atoms with Gasteiger partial charge in [0.2, 0.25) is 10.0 Å². The molecule has 0 spiro atoms. The first-order valence-corrected chi connectivity index (χ1v) is 14.9. The van der Waals surface area contributed by atoms with Crippen LogP contribution >= 0.6 is 0 Å². The predicted molar refractivity (Wildman–Crippen MR) is 162 cm³/mol. The van der Waals surface area contributed by atoms with Gasteiger partial charge in [0.15, 0.2) is 5.82 Å². The molecule has 3 aromatic heterocycles. The Bertz CT molecular complexity index is 1950. The normalized spacial score (nSPS) is 12.1. The van der Waals surface area contributed by atoms with Crippen molar-refractivity contribution < 1.29 is 12.8 Å². The standard InChI is InChI=1S/C30H29FN8O2S/c1-4-26-28(25(13-32)21-8-18(10-23(31)11-21)16-35-42(3,40)41)37-30(36-26)29-24-12-20(6-7-27(24)38-39-29)22-9-19(14-33-5-2)15-34-17-22/h1,6-13,15,17,33,35H,5,14,16,32H2,2-3H3,(H,36,37)(H,38,39)/b25-13-. The van der Waals surface area contributed by atoms with Crippen LogP contribution in [-0.2, 0) is 23.1 Å². The lowest BCUT2D eigenvalue weighted by molar-refractivity contribution is 0.586. The molecule has 6 N–H and O–H groups in total. The van der Waals surface area contributed by atoms with E-state index in [9.17, 15) is 12.8 Å². The highest BCUT2D eigenvalue weighted by Crippen LogP contribution is 2.32. The van der Waals surface area contributed by atoms with Crippen molar-refractivity contribution in [1.29, 1.82) is 0 Å². The van der Waals surface area contributed by atoms with Gasteiger partial charge >= 0.3 is 0 Å². The molecule has 12 heteroatoms. The Morgan fingerprint density at radius 1 is 1.12 bits per heavy atom. The molecule has 0 amide bonds. The summed E-state index contributed by atoms with van der Waals surface area (Å²) < 4.78 is 40.0. The van der Waals surface area contributed by atoms with Gasteiger partial charge in [0, 0.05) is 48.2 Å². The van der Waals surface area contributed by atoms with Crippen LogP contribution in [0.5, 0.6) is 0 Å². The summed E-state index contributed by atoms with van der Waals surface area (Å²) in [6.45, 7) is 3.54. The molecule has 10 nitrogen and oxygen atoms in total. The number of H-pyrrole nitrogens is 2. The quantitative estimate of drug-likeness (QED) is 0.157. The lowest BCUT2D eigenvalue weighted by atomic mass is 10.00. The fourth-order valence-electron chi connectivity index (χ4n) is 4.60. The Hall–Kier alpha value is -4.83. The minimum absolute atomic E-state index is 0.0929. The van der Waals surface area contributed by atoms with Crippen molar-refractivity contribution in [3.05, 3.63) is 95.0 Å². The van der Waals surface area contributed by atoms with Crippen molar-refractivity contribution in [1.82, 2.24) is 35.2 Å². The number of hydrogen-bond donors (Lipinski definition) is 5. The molecule has 0 saturated carbocycles. The third-order valence-electron chi connectivity index (χ3n) is 6.57. The minimum Gasteiger partial charge on any atom is -0.404 e. The second-order valence-electron chi connectivity index (χ2n) is 9.67. The number of fused-ring (bicyclic) bond motifs is 1. The number of nitrogens with zero attached hydrogens (tertiary/aromatic N) is 3. The van der Waals surface area contributed by atoms with E-state index in [0.717, 1.165) is 46.9 Å². The number of benzene rings is 2. The zero-order valence-corrected chi connectivity index (χ0v) is 23.8. The Morgan fingerprint density at radius 3 is 2.69 bits per heavy atom. The lowest BCUT2D eigenvalue weighted by Gasteiger charge is -2.09. The first-order valence-electron chi connectivity index (χ1n) is 13.1. The summed E-state index contributed by atoms with van der Waals surface area (Å²) in [5.74, 6) is 2.43. The van der Waals surface area contributed by atoms with E-state index in [-0.39, 0.29) is 6.54 Å². The fraction of sp³-hybridized carbons (Fsp3) is 0.167. The van der Waals surface area contributed by atoms with Gasteiger partial charge in [0.05, 0.1) is 11.8 Å². The molecule has 0 atom stereocenters. The van der Waals surface area contributed by atoms with E-state index < -0.39 is 15.8 Å². The number of terminal acetylenes is 1. The second-order valence-corrected chi connectivity index (χ2v) is 11.5. The van der Waals surface area contributed by atoms with Crippen LogP contribution in [0.15, 0.2) is 61.1 Å². The minimum atomic E-state index is -3.48. The molecule has 0 unspecified atom stereocenters. The van der Waals surface area contributed by atoms with Crippen molar-refractivity contribution in [3.8, 4) is 35.0 Å². The topological polar surface area (TPSA) is 154 Å². The maximum absolute atomic E-state index is 14.6. The van der Waals surface area contributed by atoms with Gasteiger partial charge in [-0.3, -0.25) is 10.1 Å². The Balaban J connectivity index is 1.53. The van der Waals surface area contributed by atoms with Gasteiger partial charge in [-0.05, 0) is 65.2 Å². The summed E-state index contributed by atoms with van der Waals surface area (Å²) in [6, 6.07) is 12.2. The van der Waals surface area contributed by atoms with Gasteiger partial charge in [-0.2, -0.15) is 5.10 Å². The van der Waals surface area contributed by atoms with Gasteiger partial charge in [0.1, 0.15) is 22.9 Å². The molecular formula is C30H29FN8O2S. The fourth-order valence-corrected chi connectivity index (χ4v) is 5.03. The molecular weight excluding hydrogens is 555 g/mol. The van der Waals surface area contributed by atoms with Gasteiger partial charge < -0.3 is 16.0 Å². The van der Waals surface area contributed by atoms with Gasteiger partial charge in [-0.25, -0.2) is 22.5 Å². The van der Waals surface area contributed by atoms with Crippen molar-refractivity contribution in [3.63, 3.8) is 0 Å². The number of aromatic nitrogens is 5. The van der Waals surface area contributed by atoms with Crippen LogP contribution in [0, 0.1) is 18.2 Å². The molecule has 0 saturated heterocycles. The second kappa shape index (κ2) is 12.0. The van der Waals surface area contributed by atoms with Crippen LogP contribution in [0.1, 0.15) is 35.0 Å². The molecule has 5 aromatic rings. The average molecular weight is 585 g/mol. The molecule has 0 aliphatic rings. The summed E-state index contributed by atoms with van der Waals surface area (Å²) in [6.07, 6.45) is 11.8. The predicted octanol–water partition coefficient (Wildman–Crippen LogP) is 3.64. The molecule has 5 rings (SSSR count). The molecule has 0 fully saturated rings. The Kier molecular flexibility index (Phi) is 8.17. The van der Waals surface area contributed by atoms with Crippen LogP contribution in [0.2, 0.25) is 0 Å². The summed E-state index contributed by atoms with van der Waals surface area (Å²) in [7, 11) is -3.48. The van der Waals surface area contributed by atoms with E-state index in [4.69, 9.17) is 17.1 Å². The smallest absolute Gasteiger partial charge is 0.209 e. The van der Waals surface area contributed by atoms with E-state index >= 15 is 0 Å². The van der Waals surface area contributed by atoms with Crippen LogP contribution in [0.4, 0.5) is 4.39 Å². The highest BCUT2D eigenvalue weighted by atomic mass is 32.2. The van der Waals surface area contributed by atoms with Crippen molar-refractivity contribution in [2.24, 2.45) is 5.73 Å². The van der Waals surface area contributed by atoms with Crippen molar-refractivity contribution in [2.75, 3.05) is 12.8 Å². The monoisotopic (exact) mass is 584 g/mol. The number of nitrogens with one attached hydrogen (secondary N) is 4. The number of imidazole rings is 1. The van der Waals surface area contributed by atoms with Gasteiger partial charge in [-0.15, -0.1) is 6.42 Å². The molecule has 0 bridgehead atoms. The third-order valence-corrected chi connectivity index (χ3v) is 7.24. The SMILES string of the molecule is C#Cc1[nH]c(-c2n[nH]c3ccc(-c4cncc(CNCC)c4)cc23)nc1/C(=C\N)c1cc(F)cc(CNS(C)(=O)=O)c1. The summed E-state index contributed by atoms with van der Waals surface area (Å²) in [5, 5.41) is 11.6. The van der Waals surface area contributed by atoms with Crippen LogP contribution < -0.4 is 15.8 Å². The average Bonchev–Trinajstić information content (AvgIpc) is 3.59. The van der Waals surface area contributed by atoms with E-state index in [2.05, 4.69) is 49.1 Å². The van der Waals surface area contributed by atoms with Crippen molar-refractivity contribution in [2.45, 2.75) is 20.0 Å². The number of halogens is 1. The van der Waals surface area contributed by atoms with E-state index in [1.54, 1.807) is 6.07 Å². The number of nitrogens with two attached hydrogens (primary N) is 1. The van der Waals surface area contributed by atoms with Crippen LogP contribution in [0.3, 0.4) is 0 Å². The number of pyridine rings is 1. The lowest BCUT2D eigenvalue weighted by Crippen LogP contribution is -2.21. The van der Waals surface area contributed by atoms with Gasteiger partial charge in [-0.1, -0.05) is 18.9 Å². The summed E-state index contributed by atoms with van der Waals surface area (Å²) in [5.41, 5.74) is 12.2. The number of hydrogen-bond acceptors (Lipinski definition) is 7. The van der Waals surface area contributed by atoms with Crippen LogP contribution in [0.25, 0.3) is 39.1 Å². The molecule has 0 radical (unpaired) electrons. The third kappa shape index (κ3) is 6.23. The van der Waals surface area contributed by atoms with Crippen molar-refractivity contribution >= 4 is 26.5 Å². The Morgan fingerprint density at radius 2 is 1.95 bits per heavy atom. The van der Waals surface area contributed by atoms with Gasteiger partial charge in [0.25, 0.3) is 0 Å². The summed E-state index contributed by atoms with van der Waals surface area (Å²) >= 11 is 0. The number of aromatic amines is 2. The number of rotatable bonds is 10. The first-order chi connectivity index (χ1) is 20.2. The van der Waals surface area contributed by atoms with E-state index in [1.165, 1.54) is 18.3 Å². The zero-order valence-electron chi connectivity index (χ0n) is 23.0. The maximum atomic E-state index is 14.6. The molecule has 2 aromatic carbocycles. The zero-order chi connectivity index (χ0) is 29.9. The largest absolute Gasteiger partial charge is 0.404 e. The van der Waals surface area contributed by atoms with E-state index in [1.807, 2.05) is 30.6 Å². The molecule has 214 valence electrons. The first kappa shape index (κ1) is 28.7. The Labute approximate surface area is 242 Å². The molecule has 42 heavy (non-hydrogen) atoms. The number of sulfonamides is 1. The van der Waals surface area contributed by atoms with E-state index in [0.29, 0.717) is 39.6 Å².